The number of ether oxygens (including phenoxy) is 1. The number of alkyl halides is 5. The van der Waals surface area contributed by atoms with Crippen molar-refractivity contribution < 1.29 is 57.4 Å². The van der Waals surface area contributed by atoms with Crippen molar-refractivity contribution in [3.8, 4) is 39.1 Å². The maximum atomic E-state index is 15.3. The van der Waals surface area contributed by atoms with Crippen molar-refractivity contribution in [2.45, 2.75) is 38.0 Å². The molecule has 0 radical (unpaired) electrons. The second-order valence-corrected chi connectivity index (χ2v) is 12.3. The van der Waals surface area contributed by atoms with Gasteiger partial charge in [-0.15, -0.1) is 6.58 Å². The first-order chi connectivity index (χ1) is 25.4. The van der Waals surface area contributed by atoms with Crippen LogP contribution in [-0.4, -0.2) is 0 Å². The van der Waals surface area contributed by atoms with Gasteiger partial charge in [0.1, 0.15) is 57.6 Å². The first kappa shape index (κ1) is 40.0. The van der Waals surface area contributed by atoms with Gasteiger partial charge in [-0.05, 0) is 103 Å². The van der Waals surface area contributed by atoms with Crippen molar-refractivity contribution in [1.29, 1.82) is 0 Å². The topological polar surface area (TPSA) is 9.23 Å². The Morgan fingerprint density at radius 3 is 1.61 bits per heavy atom. The van der Waals surface area contributed by atoms with E-state index in [4.69, 9.17) is 11.6 Å². The molecule has 0 saturated heterocycles. The number of benzene rings is 5. The normalized spacial score (nSPS) is 12.1. The molecule has 5 aromatic rings. The molecule has 0 aliphatic rings. The van der Waals surface area contributed by atoms with Crippen molar-refractivity contribution in [2.75, 3.05) is 0 Å². The van der Waals surface area contributed by atoms with Crippen molar-refractivity contribution >= 4 is 11.6 Å². The van der Waals surface area contributed by atoms with Crippen LogP contribution in [0.2, 0.25) is 5.02 Å². The summed E-state index contributed by atoms with van der Waals surface area (Å²) in [6.45, 7) is 3.64. The van der Waals surface area contributed by atoms with Crippen LogP contribution < -0.4 is 4.74 Å². The van der Waals surface area contributed by atoms with Crippen molar-refractivity contribution in [3.63, 3.8) is 0 Å². The van der Waals surface area contributed by atoms with Gasteiger partial charge in [0.2, 0.25) is 0 Å². The largest absolute Gasteiger partial charge is 0.431 e. The zero-order valence-electron chi connectivity index (χ0n) is 27.5. The summed E-state index contributed by atoms with van der Waals surface area (Å²) in [5, 5.41) is -1.07. The molecular weight excluding hydrogens is 760 g/mol. The minimum absolute atomic E-state index is 0.135. The van der Waals surface area contributed by atoms with E-state index >= 15 is 26.3 Å². The van der Waals surface area contributed by atoms with E-state index in [2.05, 4.69) is 11.3 Å². The molecule has 14 heteroatoms. The van der Waals surface area contributed by atoms with Crippen molar-refractivity contribution in [3.05, 3.63) is 160 Å². The summed E-state index contributed by atoms with van der Waals surface area (Å²) < 4.78 is 178. The molecule has 0 fully saturated rings. The lowest BCUT2D eigenvalue weighted by molar-refractivity contribution is -0.187. The number of rotatable bonds is 12. The lowest BCUT2D eigenvalue weighted by Crippen LogP contribution is -2.24. The summed E-state index contributed by atoms with van der Waals surface area (Å²) in [5.74, 6) is -11.7. The zero-order valence-corrected chi connectivity index (χ0v) is 28.3. The molecule has 0 heterocycles. The van der Waals surface area contributed by atoms with E-state index in [0.29, 0.717) is 48.7 Å². The smallest absolute Gasteiger partial charge is 0.429 e. The number of unbranched alkanes of at least 4 members (excludes halogenated alkanes) is 1. The van der Waals surface area contributed by atoms with E-state index in [-0.39, 0.29) is 23.3 Å². The molecule has 54 heavy (non-hydrogen) atoms. The van der Waals surface area contributed by atoms with E-state index in [1.54, 1.807) is 12.1 Å². The minimum atomic E-state index is -5.40. The molecule has 0 atom stereocenters. The maximum absolute atomic E-state index is 15.3. The highest BCUT2D eigenvalue weighted by atomic mass is 35.5. The number of allylic oxidation sites excluding steroid dienone is 3. The van der Waals surface area contributed by atoms with Gasteiger partial charge in [0, 0.05) is 17.2 Å². The second kappa shape index (κ2) is 16.1. The van der Waals surface area contributed by atoms with Crippen LogP contribution in [0.4, 0.5) is 52.7 Å². The molecule has 0 bridgehead atoms. The molecule has 1 nitrogen and oxygen atoms in total. The van der Waals surface area contributed by atoms with E-state index in [1.807, 2.05) is 12.2 Å². The van der Waals surface area contributed by atoms with Crippen LogP contribution in [0.3, 0.4) is 0 Å². The van der Waals surface area contributed by atoms with Crippen molar-refractivity contribution in [1.82, 2.24) is 0 Å². The Labute approximate surface area is 305 Å². The molecule has 0 amide bonds. The van der Waals surface area contributed by atoms with Gasteiger partial charge in [-0.25, -0.2) is 30.7 Å². The molecule has 0 aliphatic heterocycles. The van der Waals surface area contributed by atoms with Crippen LogP contribution in [-0.2, 0) is 18.7 Å². The Hall–Kier alpha value is -5.17. The highest BCUT2D eigenvalue weighted by Gasteiger charge is 2.41. The lowest BCUT2D eigenvalue weighted by Gasteiger charge is -2.21. The predicted octanol–water partition coefficient (Wildman–Crippen LogP) is 13.9. The van der Waals surface area contributed by atoms with E-state index in [0.717, 1.165) is 25.0 Å². The Morgan fingerprint density at radius 2 is 1.07 bits per heavy atom. The molecule has 0 N–H and O–H groups in total. The van der Waals surface area contributed by atoms with Crippen molar-refractivity contribution in [2.24, 2.45) is 0 Å². The van der Waals surface area contributed by atoms with Crippen LogP contribution in [0.15, 0.2) is 97.6 Å². The number of aryl methyl sites for hydroxylation is 1. The third-order valence-electron chi connectivity index (χ3n) is 8.14. The summed E-state index contributed by atoms with van der Waals surface area (Å²) in [6.07, 6.45) is -1.56. The number of halogens is 13. The molecule has 5 aromatic carbocycles. The Kier molecular flexibility index (Phi) is 11.9. The summed E-state index contributed by atoms with van der Waals surface area (Å²) in [5.41, 5.74) is -6.40. The second-order valence-electron chi connectivity index (χ2n) is 11.9. The third kappa shape index (κ3) is 8.78. The molecule has 0 spiro atoms. The van der Waals surface area contributed by atoms with Crippen LogP contribution in [0.1, 0.15) is 36.0 Å². The Balaban J connectivity index is 1.36. The highest BCUT2D eigenvalue weighted by Crippen LogP contribution is 2.42. The SMILES string of the molecule is C=CCC/C=C/CCc1ccc(-c2cc(F)c(-c3cc(F)c(C(F)(F)Oc4ccc(-c5cc(F)c(C(F)(F)F)c(F)c5)c(F)c4)c(Cl)c3)c(F)c2)c(F)c1. The zero-order chi connectivity index (χ0) is 39.5. The van der Waals surface area contributed by atoms with Crippen LogP contribution in [0.5, 0.6) is 5.75 Å². The fraction of sp³-hybridized carbons (Fsp3) is 0.150. The third-order valence-corrected chi connectivity index (χ3v) is 8.43. The Morgan fingerprint density at radius 1 is 0.556 bits per heavy atom. The van der Waals surface area contributed by atoms with Crippen LogP contribution >= 0.6 is 11.6 Å². The van der Waals surface area contributed by atoms with Gasteiger partial charge in [0.25, 0.3) is 0 Å². The number of hydrogen-bond donors (Lipinski definition) is 0. The summed E-state index contributed by atoms with van der Waals surface area (Å²) in [4.78, 5) is 0. The van der Waals surface area contributed by atoms with Crippen LogP contribution in [0.25, 0.3) is 33.4 Å². The number of hydrogen-bond acceptors (Lipinski definition) is 1. The lowest BCUT2D eigenvalue weighted by atomic mass is 9.96. The predicted molar refractivity (Wildman–Crippen MR) is 180 cm³/mol. The standard InChI is InChI=1S/C40H25ClF12O/c1-2-3-4-5-6-7-8-21-9-11-26(29(42)13-21)22-15-31(44)36(32(45)16-22)24-14-28(41)37(33(46)19-24)40(52,53)54-25-10-12-27(30(43)20-25)23-17-34(47)38(35(48)18-23)39(49,50)51/h2,5-6,9-20H,1,3-4,7-8H2/b6-5+. The quantitative estimate of drug-likeness (QED) is 0.0695. The van der Waals surface area contributed by atoms with Gasteiger partial charge >= 0.3 is 12.3 Å². The van der Waals surface area contributed by atoms with E-state index < -0.39 is 97.2 Å². The summed E-state index contributed by atoms with van der Waals surface area (Å²) in [7, 11) is 0. The minimum Gasteiger partial charge on any atom is -0.429 e. The first-order valence-electron chi connectivity index (χ1n) is 15.9. The maximum Gasteiger partial charge on any atom is 0.431 e. The fourth-order valence-electron chi connectivity index (χ4n) is 5.64. The van der Waals surface area contributed by atoms with Gasteiger partial charge in [-0.3, -0.25) is 0 Å². The average molecular weight is 785 g/mol. The van der Waals surface area contributed by atoms with Crippen LogP contribution in [0, 0.1) is 40.7 Å². The average Bonchev–Trinajstić information content (AvgIpc) is 3.04. The van der Waals surface area contributed by atoms with Gasteiger partial charge < -0.3 is 4.74 Å². The molecule has 5 rings (SSSR count). The van der Waals surface area contributed by atoms with Gasteiger partial charge in [-0.2, -0.15) is 22.0 Å². The van der Waals surface area contributed by atoms with Gasteiger partial charge in [-0.1, -0.05) is 42.0 Å². The summed E-state index contributed by atoms with van der Waals surface area (Å²) >= 11 is 5.95. The molecule has 282 valence electrons. The monoisotopic (exact) mass is 784 g/mol. The highest BCUT2D eigenvalue weighted by molar-refractivity contribution is 6.31. The summed E-state index contributed by atoms with van der Waals surface area (Å²) in [6, 6.07) is 8.72. The van der Waals surface area contributed by atoms with E-state index in [1.165, 1.54) is 12.1 Å². The van der Waals surface area contributed by atoms with E-state index in [9.17, 15) is 26.3 Å². The molecule has 0 saturated carbocycles. The molecular formula is C40H25ClF12O. The Bertz CT molecular complexity index is 2170. The molecule has 0 aliphatic carbocycles. The van der Waals surface area contributed by atoms with Gasteiger partial charge in [0.15, 0.2) is 0 Å². The molecule has 0 unspecified atom stereocenters. The first-order valence-corrected chi connectivity index (χ1v) is 16.3. The molecule has 0 aromatic heterocycles. The fourth-order valence-corrected chi connectivity index (χ4v) is 5.96. The van der Waals surface area contributed by atoms with Gasteiger partial charge in [0.05, 0.1) is 10.6 Å².